The molecule has 1 aliphatic rings. The van der Waals surface area contributed by atoms with Gasteiger partial charge >= 0.3 is 0 Å². The van der Waals surface area contributed by atoms with Crippen molar-refractivity contribution in [1.82, 2.24) is 5.32 Å². The van der Waals surface area contributed by atoms with E-state index in [9.17, 15) is 10.2 Å². The van der Waals surface area contributed by atoms with Crippen LogP contribution in [0.3, 0.4) is 0 Å². The average molecular weight is 237 g/mol. The van der Waals surface area contributed by atoms with Gasteiger partial charge < -0.3 is 20.3 Å². The first-order valence-corrected chi connectivity index (χ1v) is 6.02. The Morgan fingerprint density at radius 1 is 1.29 bits per heavy atom. The van der Waals surface area contributed by atoms with Crippen LogP contribution in [0.25, 0.3) is 0 Å². The molecule has 2 rings (SSSR count). The van der Waals surface area contributed by atoms with Gasteiger partial charge in [-0.05, 0) is 25.8 Å². The van der Waals surface area contributed by atoms with E-state index in [0.29, 0.717) is 6.04 Å². The minimum Gasteiger partial charge on any atom is -0.508 e. The highest BCUT2D eigenvalue weighted by Gasteiger charge is 2.18. The number of ether oxygens (including phenoxy) is 1. The first-order valence-electron chi connectivity index (χ1n) is 6.02. The normalized spacial score (nSPS) is 19.1. The SMILES string of the molecule is CC(NC1CCOCC1)c1ccc(O)cc1O. The second kappa shape index (κ2) is 5.38. The zero-order chi connectivity index (χ0) is 12.3. The van der Waals surface area contributed by atoms with Gasteiger partial charge in [-0.3, -0.25) is 0 Å². The van der Waals surface area contributed by atoms with E-state index in [-0.39, 0.29) is 17.5 Å². The third-order valence-corrected chi connectivity index (χ3v) is 3.19. The maximum Gasteiger partial charge on any atom is 0.124 e. The van der Waals surface area contributed by atoms with Gasteiger partial charge in [0.2, 0.25) is 0 Å². The molecule has 3 N–H and O–H groups in total. The lowest BCUT2D eigenvalue weighted by atomic mass is 10.0. The molecule has 4 nitrogen and oxygen atoms in total. The maximum absolute atomic E-state index is 9.77. The van der Waals surface area contributed by atoms with E-state index in [1.807, 2.05) is 6.92 Å². The van der Waals surface area contributed by atoms with Gasteiger partial charge in [-0.25, -0.2) is 0 Å². The van der Waals surface area contributed by atoms with Gasteiger partial charge in [-0.2, -0.15) is 0 Å². The molecule has 0 aromatic heterocycles. The van der Waals surface area contributed by atoms with Crippen molar-refractivity contribution < 1.29 is 14.9 Å². The average Bonchev–Trinajstić information content (AvgIpc) is 2.30. The topological polar surface area (TPSA) is 61.7 Å². The molecule has 1 aromatic carbocycles. The summed E-state index contributed by atoms with van der Waals surface area (Å²) in [6, 6.07) is 5.22. The summed E-state index contributed by atoms with van der Waals surface area (Å²) in [7, 11) is 0. The molecule has 0 radical (unpaired) electrons. The van der Waals surface area contributed by atoms with Crippen LogP contribution in [0.1, 0.15) is 31.4 Å². The molecule has 0 saturated carbocycles. The Morgan fingerprint density at radius 3 is 2.65 bits per heavy atom. The fourth-order valence-electron chi connectivity index (χ4n) is 2.21. The van der Waals surface area contributed by atoms with E-state index in [1.165, 1.54) is 6.07 Å². The van der Waals surface area contributed by atoms with Gasteiger partial charge in [0.15, 0.2) is 0 Å². The Kier molecular flexibility index (Phi) is 3.86. The summed E-state index contributed by atoms with van der Waals surface area (Å²) in [4.78, 5) is 0. The number of phenols is 2. The van der Waals surface area contributed by atoms with Crippen molar-refractivity contribution >= 4 is 0 Å². The van der Waals surface area contributed by atoms with Crippen LogP contribution in [0.2, 0.25) is 0 Å². The van der Waals surface area contributed by atoms with Crippen LogP contribution in [-0.4, -0.2) is 29.5 Å². The van der Waals surface area contributed by atoms with E-state index in [0.717, 1.165) is 31.6 Å². The highest BCUT2D eigenvalue weighted by Crippen LogP contribution is 2.28. The summed E-state index contributed by atoms with van der Waals surface area (Å²) in [5, 5.41) is 22.5. The van der Waals surface area contributed by atoms with E-state index < -0.39 is 0 Å². The second-order valence-corrected chi connectivity index (χ2v) is 4.52. The summed E-state index contributed by atoms with van der Waals surface area (Å²) in [6.07, 6.45) is 2.01. The fourth-order valence-corrected chi connectivity index (χ4v) is 2.21. The first-order chi connectivity index (χ1) is 8.16. The largest absolute Gasteiger partial charge is 0.508 e. The highest BCUT2D eigenvalue weighted by molar-refractivity contribution is 5.40. The molecule has 1 unspecified atom stereocenters. The third-order valence-electron chi connectivity index (χ3n) is 3.19. The number of aromatic hydroxyl groups is 2. The van der Waals surface area contributed by atoms with Gasteiger partial charge in [0.25, 0.3) is 0 Å². The summed E-state index contributed by atoms with van der Waals surface area (Å²) in [5.74, 6) is 0.224. The van der Waals surface area contributed by atoms with Gasteiger partial charge in [0.05, 0.1) is 0 Å². The molecule has 1 fully saturated rings. The molecule has 4 heteroatoms. The van der Waals surface area contributed by atoms with Crippen molar-refractivity contribution in [2.75, 3.05) is 13.2 Å². The summed E-state index contributed by atoms with van der Waals surface area (Å²) >= 11 is 0. The van der Waals surface area contributed by atoms with Crippen molar-refractivity contribution in [3.63, 3.8) is 0 Å². The van der Waals surface area contributed by atoms with Crippen LogP contribution in [0.4, 0.5) is 0 Å². The van der Waals surface area contributed by atoms with Crippen LogP contribution in [0.5, 0.6) is 11.5 Å². The quantitative estimate of drug-likeness (QED) is 0.751. The van der Waals surface area contributed by atoms with Crippen molar-refractivity contribution in [2.24, 2.45) is 0 Å². The predicted octanol–water partition coefficient (Wildman–Crippen LogP) is 1.93. The van der Waals surface area contributed by atoms with E-state index in [4.69, 9.17) is 4.74 Å². The number of hydrogen-bond donors (Lipinski definition) is 3. The molecule has 1 atom stereocenters. The number of hydrogen-bond acceptors (Lipinski definition) is 4. The maximum atomic E-state index is 9.77. The molecule has 17 heavy (non-hydrogen) atoms. The molecule has 94 valence electrons. The number of benzene rings is 1. The Bertz CT molecular complexity index is 375. The van der Waals surface area contributed by atoms with Gasteiger partial charge in [0, 0.05) is 36.9 Å². The van der Waals surface area contributed by atoms with Gasteiger partial charge in [-0.15, -0.1) is 0 Å². The third kappa shape index (κ3) is 3.11. The molecular weight excluding hydrogens is 218 g/mol. The molecule has 1 heterocycles. The van der Waals surface area contributed by atoms with Crippen LogP contribution in [0.15, 0.2) is 18.2 Å². The minimum absolute atomic E-state index is 0.0682. The Balaban J connectivity index is 2.00. The lowest BCUT2D eigenvalue weighted by Crippen LogP contribution is -2.36. The van der Waals surface area contributed by atoms with Crippen molar-refractivity contribution in [1.29, 1.82) is 0 Å². The number of nitrogens with one attached hydrogen (secondary N) is 1. The Morgan fingerprint density at radius 2 is 2.00 bits per heavy atom. The number of phenolic OH excluding ortho intramolecular Hbond substituents is 2. The molecule has 0 amide bonds. The standard InChI is InChI=1S/C13H19NO3/c1-9(14-10-4-6-17-7-5-10)12-3-2-11(15)8-13(12)16/h2-3,8-10,14-16H,4-7H2,1H3. The molecular formula is C13H19NO3. The second-order valence-electron chi connectivity index (χ2n) is 4.52. The van der Waals surface area contributed by atoms with Crippen molar-refractivity contribution in [2.45, 2.75) is 31.8 Å². The molecule has 0 aliphatic carbocycles. The monoisotopic (exact) mass is 237 g/mol. The van der Waals surface area contributed by atoms with Gasteiger partial charge in [0.1, 0.15) is 11.5 Å². The highest BCUT2D eigenvalue weighted by atomic mass is 16.5. The number of rotatable bonds is 3. The van der Waals surface area contributed by atoms with E-state index >= 15 is 0 Å². The van der Waals surface area contributed by atoms with Crippen LogP contribution >= 0.6 is 0 Å². The van der Waals surface area contributed by atoms with E-state index in [1.54, 1.807) is 12.1 Å². The summed E-state index contributed by atoms with van der Waals surface area (Å²) in [5.41, 5.74) is 0.814. The van der Waals surface area contributed by atoms with E-state index in [2.05, 4.69) is 5.32 Å². The lowest BCUT2D eigenvalue weighted by Gasteiger charge is -2.27. The summed E-state index contributed by atoms with van der Waals surface area (Å²) < 4.78 is 5.30. The smallest absolute Gasteiger partial charge is 0.124 e. The van der Waals surface area contributed by atoms with Crippen LogP contribution < -0.4 is 5.32 Å². The van der Waals surface area contributed by atoms with Crippen LogP contribution in [0, 0.1) is 0 Å². The van der Waals surface area contributed by atoms with Crippen molar-refractivity contribution in [3.8, 4) is 11.5 Å². The molecule has 0 bridgehead atoms. The fraction of sp³-hybridized carbons (Fsp3) is 0.538. The molecule has 1 aliphatic heterocycles. The Hall–Kier alpha value is -1.26. The molecule has 1 saturated heterocycles. The Labute approximate surface area is 101 Å². The zero-order valence-electron chi connectivity index (χ0n) is 10.0. The minimum atomic E-state index is 0.0682. The zero-order valence-corrected chi connectivity index (χ0v) is 10.0. The van der Waals surface area contributed by atoms with Crippen LogP contribution in [-0.2, 0) is 4.74 Å². The van der Waals surface area contributed by atoms with Gasteiger partial charge in [-0.1, -0.05) is 6.07 Å². The lowest BCUT2D eigenvalue weighted by molar-refractivity contribution is 0.0754. The molecule has 1 aromatic rings. The summed E-state index contributed by atoms with van der Waals surface area (Å²) in [6.45, 7) is 3.61. The molecule has 0 spiro atoms. The van der Waals surface area contributed by atoms with Crippen molar-refractivity contribution in [3.05, 3.63) is 23.8 Å². The first kappa shape index (κ1) is 12.2. The predicted molar refractivity (Wildman–Crippen MR) is 65.2 cm³/mol.